The average Bonchev–Trinajstić information content (AvgIpc) is 2.19. The van der Waals surface area contributed by atoms with Crippen LogP contribution in [0.15, 0.2) is 36.5 Å². The third-order valence-electron chi connectivity index (χ3n) is 1.49. The van der Waals surface area contributed by atoms with Gasteiger partial charge in [0.15, 0.2) is 5.11 Å². The van der Waals surface area contributed by atoms with E-state index in [0.29, 0.717) is 10.1 Å². The molecule has 80 valence electrons. The second-order valence-corrected chi connectivity index (χ2v) is 3.84. The van der Waals surface area contributed by atoms with E-state index in [4.69, 9.17) is 23.8 Å². The summed E-state index contributed by atoms with van der Waals surface area (Å²) < 4.78 is 0. The van der Waals surface area contributed by atoms with Crippen molar-refractivity contribution in [3.63, 3.8) is 0 Å². The molecule has 0 bridgehead atoms. The fourth-order valence-corrected chi connectivity index (χ4v) is 1.15. The summed E-state index contributed by atoms with van der Waals surface area (Å²) in [6, 6.07) is 7.27. The van der Waals surface area contributed by atoms with Gasteiger partial charge in [-0.2, -0.15) is 0 Å². The summed E-state index contributed by atoms with van der Waals surface area (Å²) in [5.74, 6) is 0. The quantitative estimate of drug-likeness (QED) is 0.562. The molecular weight excluding hydrogens is 230 g/mol. The molecule has 3 N–H and O–H groups in total. The third kappa shape index (κ3) is 4.67. The number of hydrogen-bond acceptors (Lipinski definition) is 2. The lowest BCUT2D eigenvalue weighted by Gasteiger charge is -2.11. The molecule has 0 aromatic heterocycles. The van der Waals surface area contributed by atoms with Crippen molar-refractivity contribution in [2.45, 2.75) is 6.92 Å². The van der Waals surface area contributed by atoms with Crippen LogP contribution in [0.3, 0.4) is 0 Å². The molecule has 5 heteroatoms. The van der Waals surface area contributed by atoms with Gasteiger partial charge in [0.2, 0.25) is 0 Å². The largest absolute Gasteiger partial charge is 0.331 e. The molecule has 0 saturated heterocycles. The summed E-state index contributed by atoms with van der Waals surface area (Å²) in [7, 11) is 0. The van der Waals surface area contributed by atoms with Crippen LogP contribution in [0, 0.1) is 0 Å². The van der Waals surface area contributed by atoms with E-state index in [1.807, 2.05) is 19.1 Å². The van der Waals surface area contributed by atoms with Crippen LogP contribution in [0.5, 0.6) is 0 Å². The molecule has 0 heterocycles. The summed E-state index contributed by atoms with van der Waals surface area (Å²) in [6.07, 6.45) is 0. The normalized spacial score (nSPS) is 9.20. The van der Waals surface area contributed by atoms with Crippen LogP contribution in [0.4, 0.5) is 5.69 Å². The zero-order valence-electron chi connectivity index (χ0n) is 8.30. The number of allylic oxidation sites excluding steroid dienone is 1. The average molecular weight is 242 g/mol. The van der Waals surface area contributed by atoms with Gasteiger partial charge in [-0.3, -0.25) is 5.43 Å². The summed E-state index contributed by atoms with van der Waals surface area (Å²) in [4.78, 5) is 0. The van der Waals surface area contributed by atoms with Crippen molar-refractivity contribution >= 4 is 34.6 Å². The van der Waals surface area contributed by atoms with Crippen LogP contribution in [-0.4, -0.2) is 5.11 Å². The van der Waals surface area contributed by atoms with Gasteiger partial charge in [0.1, 0.15) is 0 Å². The molecule has 0 radical (unpaired) electrons. The SMILES string of the molecule is C=C(C)NNC(=S)Nc1ccc(Cl)cc1. The summed E-state index contributed by atoms with van der Waals surface area (Å²) >= 11 is 10.8. The second kappa shape index (κ2) is 5.58. The fourth-order valence-electron chi connectivity index (χ4n) is 0.859. The van der Waals surface area contributed by atoms with Crippen molar-refractivity contribution in [1.82, 2.24) is 10.9 Å². The molecule has 0 unspecified atom stereocenters. The highest BCUT2D eigenvalue weighted by molar-refractivity contribution is 7.80. The predicted octanol–water partition coefficient (Wildman–Crippen LogP) is 2.66. The Kier molecular flexibility index (Phi) is 4.39. The van der Waals surface area contributed by atoms with Gasteiger partial charge in [0.25, 0.3) is 0 Å². The highest BCUT2D eigenvalue weighted by Crippen LogP contribution is 2.12. The van der Waals surface area contributed by atoms with Gasteiger partial charge >= 0.3 is 0 Å². The lowest BCUT2D eigenvalue weighted by atomic mass is 10.3. The zero-order chi connectivity index (χ0) is 11.3. The van der Waals surface area contributed by atoms with E-state index in [2.05, 4.69) is 22.7 Å². The maximum absolute atomic E-state index is 5.75. The molecule has 0 aliphatic carbocycles. The molecule has 3 nitrogen and oxygen atoms in total. The number of hydrazine groups is 1. The molecule has 0 amide bonds. The number of nitrogens with one attached hydrogen (secondary N) is 3. The van der Waals surface area contributed by atoms with Crippen molar-refractivity contribution < 1.29 is 0 Å². The Morgan fingerprint density at radius 2 is 1.87 bits per heavy atom. The van der Waals surface area contributed by atoms with Crippen LogP contribution in [0.25, 0.3) is 0 Å². The smallest absolute Gasteiger partial charge is 0.189 e. The Hall–Kier alpha value is -1.26. The van der Waals surface area contributed by atoms with Crippen LogP contribution in [-0.2, 0) is 0 Å². The van der Waals surface area contributed by atoms with Gasteiger partial charge < -0.3 is 10.7 Å². The van der Waals surface area contributed by atoms with E-state index in [9.17, 15) is 0 Å². The standard InChI is InChI=1S/C10H12ClN3S/c1-7(2)13-14-10(15)12-9-5-3-8(11)4-6-9/h3-6,13H,1H2,2H3,(H2,12,14,15). The fraction of sp³-hybridized carbons (Fsp3) is 0.100. The van der Waals surface area contributed by atoms with Crippen LogP contribution < -0.4 is 16.2 Å². The third-order valence-corrected chi connectivity index (χ3v) is 1.95. The maximum atomic E-state index is 5.75. The minimum absolute atomic E-state index is 0.473. The van der Waals surface area contributed by atoms with Crippen molar-refractivity contribution in [1.29, 1.82) is 0 Å². The number of rotatable bonds is 3. The van der Waals surface area contributed by atoms with Gasteiger partial charge in [-0.05, 0) is 43.4 Å². The van der Waals surface area contributed by atoms with Crippen LogP contribution >= 0.6 is 23.8 Å². The topological polar surface area (TPSA) is 36.1 Å². The number of halogens is 1. The lowest BCUT2D eigenvalue weighted by molar-refractivity contribution is 0.776. The Balaban J connectivity index is 2.44. The predicted molar refractivity (Wildman–Crippen MR) is 68.8 cm³/mol. The molecule has 1 aromatic carbocycles. The first-order chi connectivity index (χ1) is 7.08. The number of hydrogen-bond donors (Lipinski definition) is 3. The van der Waals surface area contributed by atoms with E-state index in [0.717, 1.165) is 11.4 Å². The minimum atomic E-state index is 0.473. The summed E-state index contributed by atoms with van der Waals surface area (Å²) in [6.45, 7) is 5.50. The molecule has 0 fully saturated rings. The first kappa shape index (κ1) is 11.8. The molecule has 15 heavy (non-hydrogen) atoms. The first-order valence-corrected chi connectivity index (χ1v) is 5.10. The van der Waals surface area contributed by atoms with E-state index in [1.165, 1.54) is 0 Å². The Morgan fingerprint density at radius 1 is 1.27 bits per heavy atom. The Bertz CT molecular complexity index is 361. The van der Waals surface area contributed by atoms with E-state index >= 15 is 0 Å². The van der Waals surface area contributed by atoms with Crippen LogP contribution in [0.2, 0.25) is 5.02 Å². The van der Waals surface area contributed by atoms with E-state index in [1.54, 1.807) is 12.1 Å². The Morgan fingerprint density at radius 3 is 2.40 bits per heavy atom. The van der Waals surface area contributed by atoms with Crippen molar-refractivity contribution in [3.8, 4) is 0 Å². The molecule has 1 rings (SSSR count). The van der Waals surface area contributed by atoms with Gasteiger partial charge in [-0.25, -0.2) is 0 Å². The highest BCUT2D eigenvalue weighted by atomic mass is 35.5. The van der Waals surface area contributed by atoms with Gasteiger partial charge in [0.05, 0.1) is 0 Å². The van der Waals surface area contributed by atoms with Crippen molar-refractivity contribution in [2.24, 2.45) is 0 Å². The zero-order valence-corrected chi connectivity index (χ0v) is 9.88. The molecule has 0 aliphatic rings. The molecular formula is C10H12ClN3S. The number of benzene rings is 1. The van der Waals surface area contributed by atoms with Crippen molar-refractivity contribution in [3.05, 3.63) is 41.6 Å². The molecule has 1 aromatic rings. The lowest BCUT2D eigenvalue weighted by Crippen LogP contribution is -2.38. The monoisotopic (exact) mass is 241 g/mol. The molecule has 0 atom stereocenters. The molecule has 0 spiro atoms. The van der Waals surface area contributed by atoms with Crippen molar-refractivity contribution in [2.75, 3.05) is 5.32 Å². The molecule has 0 saturated carbocycles. The van der Waals surface area contributed by atoms with Gasteiger partial charge in [0, 0.05) is 16.4 Å². The van der Waals surface area contributed by atoms with Crippen LogP contribution in [0.1, 0.15) is 6.92 Å². The first-order valence-electron chi connectivity index (χ1n) is 4.32. The second-order valence-electron chi connectivity index (χ2n) is 2.99. The highest BCUT2D eigenvalue weighted by Gasteiger charge is 1.96. The summed E-state index contributed by atoms with van der Waals surface area (Å²) in [5, 5.41) is 4.15. The maximum Gasteiger partial charge on any atom is 0.189 e. The molecule has 0 aliphatic heterocycles. The number of anilines is 1. The van der Waals surface area contributed by atoms with E-state index < -0.39 is 0 Å². The summed E-state index contributed by atoms with van der Waals surface area (Å²) in [5.41, 5.74) is 7.25. The minimum Gasteiger partial charge on any atom is -0.331 e. The van der Waals surface area contributed by atoms with Gasteiger partial charge in [-0.1, -0.05) is 18.2 Å². The van der Waals surface area contributed by atoms with E-state index in [-0.39, 0.29) is 0 Å². The van der Waals surface area contributed by atoms with Gasteiger partial charge in [-0.15, -0.1) is 0 Å². The Labute approximate surface area is 99.5 Å². The number of thiocarbonyl (C=S) groups is 1.